The van der Waals surface area contributed by atoms with Crippen molar-refractivity contribution in [2.24, 2.45) is 11.8 Å². The van der Waals surface area contributed by atoms with E-state index >= 15 is 0 Å². The quantitative estimate of drug-likeness (QED) is 0.753. The van der Waals surface area contributed by atoms with Gasteiger partial charge >= 0.3 is 0 Å². The number of nitriles is 1. The van der Waals surface area contributed by atoms with Crippen LogP contribution in [0, 0.1) is 23.2 Å². The molecule has 1 aromatic carbocycles. The minimum atomic E-state index is 0.483. The molecule has 0 aliphatic heterocycles. The fourth-order valence-electron chi connectivity index (χ4n) is 5.13. The molecule has 21 heavy (non-hydrogen) atoms. The molecule has 2 fully saturated rings. The number of nitrogens with zero attached hydrogens (tertiary/aromatic N) is 1. The third-order valence-electron chi connectivity index (χ3n) is 6.50. The molecule has 0 N–H and O–H groups in total. The first-order valence-electron chi connectivity index (χ1n) is 8.85. The van der Waals surface area contributed by atoms with E-state index in [-0.39, 0.29) is 0 Å². The SMILES string of the molecule is N#Cc1ccc2c(c1)C1(CC2)CC1CCC1CCCCC1. The van der Waals surface area contributed by atoms with Crippen LogP contribution in [0.4, 0.5) is 0 Å². The van der Waals surface area contributed by atoms with Crippen LogP contribution in [-0.2, 0) is 11.8 Å². The second-order valence-electron chi connectivity index (χ2n) is 7.62. The Hall–Kier alpha value is -1.29. The summed E-state index contributed by atoms with van der Waals surface area (Å²) in [5.74, 6) is 1.93. The van der Waals surface area contributed by atoms with Crippen molar-refractivity contribution in [2.45, 2.75) is 69.6 Å². The summed E-state index contributed by atoms with van der Waals surface area (Å²) in [4.78, 5) is 0. The van der Waals surface area contributed by atoms with E-state index in [0.29, 0.717) is 5.41 Å². The lowest BCUT2D eigenvalue weighted by Gasteiger charge is -2.22. The van der Waals surface area contributed by atoms with E-state index in [1.807, 2.05) is 6.07 Å². The van der Waals surface area contributed by atoms with Crippen molar-refractivity contribution in [3.63, 3.8) is 0 Å². The first kappa shape index (κ1) is 13.4. The number of fused-ring (bicyclic) bond motifs is 2. The Kier molecular flexibility index (Phi) is 3.29. The van der Waals surface area contributed by atoms with Crippen molar-refractivity contribution in [3.05, 3.63) is 34.9 Å². The summed E-state index contributed by atoms with van der Waals surface area (Å²) in [5, 5.41) is 9.15. The Labute approximate surface area is 128 Å². The highest BCUT2D eigenvalue weighted by molar-refractivity contribution is 5.49. The Morgan fingerprint density at radius 1 is 1.14 bits per heavy atom. The van der Waals surface area contributed by atoms with Crippen LogP contribution in [0.5, 0.6) is 0 Å². The lowest BCUT2D eigenvalue weighted by Crippen LogP contribution is -2.09. The van der Waals surface area contributed by atoms with Gasteiger partial charge in [0.05, 0.1) is 11.6 Å². The van der Waals surface area contributed by atoms with Gasteiger partial charge in [-0.3, -0.25) is 0 Å². The average Bonchev–Trinajstić information content (AvgIpc) is 3.14. The summed E-state index contributed by atoms with van der Waals surface area (Å²) >= 11 is 0. The molecule has 1 nitrogen and oxygen atoms in total. The molecular weight excluding hydrogens is 254 g/mol. The zero-order chi connectivity index (χ0) is 14.3. The minimum Gasteiger partial charge on any atom is -0.192 e. The molecular formula is C20H25N. The number of aryl methyl sites for hydroxylation is 1. The van der Waals surface area contributed by atoms with Crippen molar-refractivity contribution in [3.8, 4) is 6.07 Å². The molecule has 1 aromatic rings. The third-order valence-corrected chi connectivity index (χ3v) is 6.50. The van der Waals surface area contributed by atoms with E-state index in [0.717, 1.165) is 17.4 Å². The molecule has 4 rings (SSSR count). The van der Waals surface area contributed by atoms with Crippen molar-refractivity contribution in [1.29, 1.82) is 5.26 Å². The average molecular weight is 279 g/mol. The van der Waals surface area contributed by atoms with Crippen LogP contribution < -0.4 is 0 Å². The van der Waals surface area contributed by atoms with Gasteiger partial charge in [-0.05, 0) is 66.2 Å². The van der Waals surface area contributed by atoms with Gasteiger partial charge in [0.15, 0.2) is 0 Å². The fourth-order valence-corrected chi connectivity index (χ4v) is 5.13. The number of hydrogen-bond donors (Lipinski definition) is 0. The van der Waals surface area contributed by atoms with Gasteiger partial charge in [0.2, 0.25) is 0 Å². The molecule has 0 amide bonds. The number of hydrogen-bond acceptors (Lipinski definition) is 1. The summed E-state index contributed by atoms with van der Waals surface area (Å²) in [6.07, 6.45) is 14.2. The van der Waals surface area contributed by atoms with Crippen molar-refractivity contribution < 1.29 is 0 Å². The molecule has 110 valence electrons. The van der Waals surface area contributed by atoms with Crippen LogP contribution in [-0.4, -0.2) is 0 Å². The van der Waals surface area contributed by atoms with Crippen molar-refractivity contribution >= 4 is 0 Å². The van der Waals surface area contributed by atoms with Crippen LogP contribution in [0.15, 0.2) is 18.2 Å². The monoisotopic (exact) mass is 279 g/mol. The van der Waals surface area contributed by atoms with Crippen LogP contribution in [0.3, 0.4) is 0 Å². The first-order valence-corrected chi connectivity index (χ1v) is 8.85. The summed E-state index contributed by atoms with van der Waals surface area (Å²) < 4.78 is 0. The molecule has 2 unspecified atom stereocenters. The van der Waals surface area contributed by atoms with Gasteiger partial charge in [0, 0.05) is 0 Å². The standard InChI is InChI=1S/C20H25N/c21-14-16-6-8-17-10-11-20(19(17)12-16)13-18(20)9-7-15-4-2-1-3-5-15/h6,8,12,15,18H,1-5,7,9-11,13H2. The van der Waals surface area contributed by atoms with Crippen LogP contribution >= 0.6 is 0 Å². The molecule has 3 aliphatic rings. The summed E-state index contributed by atoms with van der Waals surface area (Å²) in [5.41, 5.74) is 4.40. The van der Waals surface area contributed by atoms with E-state index in [1.54, 1.807) is 0 Å². The topological polar surface area (TPSA) is 23.8 Å². The Balaban J connectivity index is 1.43. The van der Waals surface area contributed by atoms with Crippen LogP contribution in [0.1, 0.15) is 74.5 Å². The zero-order valence-corrected chi connectivity index (χ0v) is 12.9. The number of benzene rings is 1. The predicted octanol–water partition coefficient (Wildman–Crippen LogP) is 5.12. The lowest BCUT2D eigenvalue weighted by molar-refractivity contribution is 0.322. The minimum absolute atomic E-state index is 0.483. The lowest BCUT2D eigenvalue weighted by atomic mass is 9.84. The van der Waals surface area contributed by atoms with E-state index in [4.69, 9.17) is 5.26 Å². The number of rotatable bonds is 3. The molecule has 0 aromatic heterocycles. The largest absolute Gasteiger partial charge is 0.192 e. The second-order valence-corrected chi connectivity index (χ2v) is 7.62. The smallest absolute Gasteiger partial charge is 0.0991 e. The summed E-state index contributed by atoms with van der Waals surface area (Å²) in [6.45, 7) is 0. The Morgan fingerprint density at radius 2 is 2.00 bits per heavy atom. The second kappa shape index (κ2) is 5.16. The molecule has 0 heterocycles. The van der Waals surface area contributed by atoms with Gasteiger partial charge in [-0.15, -0.1) is 0 Å². The Bertz CT molecular complexity index is 576. The molecule has 0 bridgehead atoms. The highest BCUT2D eigenvalue weighted by atomic mass is 14.6. The van der Waals surface area contributed by atoms with Crippen molar-refractivity contribution in [2.75, 3.05) is 0 Å². The molecule has 0 saturated heterocycles. The van der Waals surface area contributed by atoms with Crippen LogP contribution in [0.2, 0.25) is 0 Å². The summed E-state index contributed by atoms with van der Waals surface area (Å²) in [6, 6.07) is 8.72. The van der Waals surface area contributed by atoms with Gasteiger partial charge in [-0.1, -0.05) is 44.6 Å². The predicted molar refractivity (Wildman–Crippen MR) is 85.1 cm³/mol. The van der Waals surface area contributed by atoms with Crippen molar-refractivity contribution in [1.82, 2.24) is 0 Å². The highest BCUT2D eigenvalue weighted by Crippen LogP contribution is 2.63. The van der Waals surface area contributed by atoms with E-state index in [1.165, 1.54) is 75.3 Å². The Morgan fingerprint density at radius 3 is 2.81 bits per heavy atom. The molecule has 0 radical (unpaired) electrons. The van der Waals surface area contributed by atoms with E-state index in [2.05, 4.69) is 18.2 Å². The maximum absolute atomic E-state index is 9.15. The van der Waals surface area contributed by atoms with Gasteiger partial charge in [-0.25, -0.2) is 0 Å². The molecule has 1 heteroatoms. The maximum Gasteiger partial charge on any atom is 0.0991 e. The first-order chi connectivity index (χ1) is 10.3. The van der Waals surface area contributed by atoms with Gasteiger partial charge in [0.25, 0.3) is 0 Å². The van der Waals surface area contributed by atoms with E-state index in [9.17, 15) is 0 Å². The fraction of sp³-hybridized carbons (Fsp3) is 0.650. The van der Waals surface area contributed by atoms with Gasteiger partial charge in [0.1, 0.15) is 0 Å². The highest BCUT2D eigenvalue weighted by Gasteiger charge is 2.57. The van der Waals surface area contributed by atoms with E-state index < -0.39 is 0 Å². The normalized spacial score (nSPS) is 31.1. The molecule has 1 spiro atoms. The molecule has 3 aliphatic carbocycles. The molecule has 2 saturated carbocycles. The third kappa shape index (κ3) is 2.30. The zero-order valence-electron chi connectivity index (χ0n) is 12.9. The molecule has 2 atom stereocenters. The van der Waals surface area contributed by atoms with Gasteiger partial charge in [-0.2, -0.15) is 5.26 Å². The maximum atomic E-state index is 9.15. The summed E-state index contributed by atoms with van der Waals surface area (Å²) in [7, 11) is 0. The van der Waals surface area contributed by atoms with Gasteiger partial charge < -0.3 is 0 Å². The van der Waals surface area contributed by atoms with Crippen LogP contribution in [0.25, 0.3) is 0 Å².